The van der Waals surface area contributed by atoms with E-state index >= 15 is 0 Å². The Morgan fingerprint density at radius 2 is 1.32 bits per heavy atom. The molecule has 0 aromatic heterocycles. The zero-order valence-corrected chi connectivity index (χ0v) is 18.5. The lowest BCUT2D eigenvalue weighted by Gasteiger charge is -2.33. The van der Waals surface area contributed by atoms with Crippen molar-refractivity contribution in [2.75, 3.05) is 24.6 Å². The number of phenolic OH excluding ortho intramolecular Hbond substituents is 1. The van der Waals surface area contributed by atoms with Crippen LogP contribution in [0.3, 0.4) is 0 Å². The highest BCUT2D eigenvalue weighted by atomic mass is 19.4. The molecule has 1 fully saturated rings. The first-order valence-corrected chi connectivity index (χ1v) is 11.1. The lowest BCUT2D eigenvalue weighted by atomic mass is 9.97. The Kier molecular flexibility index (Phi) is 7.35. The lowest BCUT2D eigenvalue weighted by Crippen LogP contribution is -2.35. The summed E-state index contributed by atoms with van der Waals surface area (Å²) in [6.45, 7) is 2.78. The van der Waals surface area contributed by atoms with Gasteiger partial charge in [-0.2, -0.15) is 0 Å². The average Bonchev–Trinajstić information content (AvgIpc) is 2.83. The van der Waals surface area contributed by atoms with Crippen molar-refractivity contribution >= 4 is 5.69 Å². The fourth-order valence-corrected chi connectivity index (χ4v) is 3.82. The van der Waals surface area contributed by atoms with Gasteiger partial charge in [-0.15, -0.1) is 13.2 Å². The standard InChI is InChI=1S/C26H26F3NO4/c27-26(28,29)34-25-7-1-19(2-8-25)17-32-23-9-11-24(12-10-23)33-18-20-13-15-30(16-14-20)21-3-5-22(31)6-4-21/h1-12,20,31H,13-18H2. The van der Waals surface area contributed by atoms with E-state index in [-0.39, 0.29) is 18.1 Å². The van der Waals surface area contributed by atoms with E-state index < -0.39 is 6.36 Å². The summed E-state index contributed by atoms with van der Waals surface area (Å²) in [5, 5.41) is 9.44. The highest BCUT2D eigenvalue weighted by Gasteiger charge is 2.30. The largest absolute Gasteiger partial charge is 0.573 e. The Morgan fingerprint density at radius 1 is 0.765 bits per heavy atom. The number of nitrogens with zero attached hydrogens (tertiary/aromatic N) is 1. The first-order chi connectivity index (χ1) is 16.3. The number of rotatable bonds is 8. The van der Waals surface area contributed by atoms with Crippen LogP contribution >= 0.6 is 0 Å². The van der Waals surface area contributed by atoms with Crippen LogP contribution in [0.25, 0.3) is 0 Å². The molecule has 0 atom stereocenters. The van der Waals surface area contributed by atoms with Crippen LogP contribution in [0.4, 0.5) is 18.9 Å². The number of halogens is 3. The molecule has 4 rings (SSSR count). The maximum atomic E-state index is 12.2. The molecule has 1 N–H and O–H groups in total. The molecule has 0 amide bonds. The van der Waals surface area contributed by atoms with E-state index in [1.54, 1.807) is 12.1 Å². The van der Waals surface area contributed by atoms with Crippen molar-refractivity contribution < 1.29 is 32.5 Å². The van der Waals surface area contributed by atoms with Gasteiger partial charge in [0, 0.05) is 18.8 Å². The summed E-state index contributed by atoms with van der Waals surface area (Å²) in [5.74, 6) is 1.90. The number of anilines is 1. The van der Waals surface area contributed by atoms with Gasteiger partial charge in [0.2, 0.25) is 0 Å². The molecule has 1 saturated heterocycles. The molecule has 0 spiro atoms. The van der Waals surface area contributed by atoms with Crippen molar-refractivity contribution in [1.29, 1.82) is 0 Å². The van der Waals surface area contributed by atoms with Crippen molar-refractivity contribution in [2.45, 2.75) is 25.8 Å². The SMILES string of the molecule is Oc1ccc(N2CCC(COc3ccc(OCc4ccc(OC(F)(F)F)cc4)cc3)CC2)cc1. The molecule has 3 aromatic carbocycles. The van der Waals surface area contributed by atoms with Gasteiger partial charge in [-0.05, 0) is 85.0 Å². The Morgan fingerprint density at radius 3 is 1.91 bits per heavy atom. The minimum Gasteiger partial charge on any atom is -0.508 e. The van der Waals surface area contributed by atoms with Crippen molar-refractivity contribution in [3.05, 3.63) is 78.4 Å². The number of hydrogen-bond acceptors (Lipinski definition) is 5. The minimum atomic E-state index is -4.70. The van der Waals surface area contributed by atoms with Crippen molar-refractivity contribution in [2.24, 2.45) is 5.92 Å². The van der Waals surface area contributed by atoms with Crippen LogP contribution in [0.15, 0.2) is 72.8 Å². The first kappa shape index (κ1) is 23.6. The van der Waals surface area contributed by atoms with Crippen LogP contribution in [-0.2, 0) is 6.61 Å². The Balaban J connectivity index is 1.18. The van der Waals surface area contributed by atoms with Gasteiger partial charge >= 0.3 is 6.36 Å². The van der Waals surface area contributed by atoms with E-state index in [1.807, 2.05) is 36.4 Å². The molecule has 5 nitrogen and oxygen atoms in total. The van der Waals surface area contributed by atoms with E-state index in [9.17, 15) is 18.3 Å². The highest BCUT2D eigenvalue weighted by Crippen LogP contribution is 2.27. The second-order valence-electron chi connectivity index (χ2n) is 8.21. The number of ether oxygens (including phenoxy) is 3. The lowest BCUT2D eigenvalue weighted by molar-refractivity contribution is -0.274. The second-order valence-corrected chi connectivity index (χ2v) is 8.21. The number of piperidine rings is 1. The van der Waals surface area contributed by atoms with Crippen LogP contribution in [0, 0.1) is 5.92 Å². The van der Waals surface area contributed by atoms with Gasteiger partial charge in [0.1, 0.15) is 29.6 Å². The summed E-state index contributed by atoms with van der Waals surface area (Å²) in [4.78, 5) is 2.32. The molecule has 0 saturated carbocycles. The van der Waals surface area contributed by atoms with Crippen LogP contribution in [0.2, 0.25) is 0 Å². The predicted molar refractivity (Wildman–Crippen MR) is 122 cm³/mol. The van der Waals surface area contributed by atoms with Crippen molar-refractivity contribution in [3.63, 3.8) is 0 Å². The smallest absolute Gasteiger partial charge is 0.508 e. The molecule has 0 aliphatic carbocycles. The topological polar surface area (TPSA) is 51.2 Å². The first-order valence-electron chi connectivity index (χ1n) is 11.1. The summed E-state index contributed by atoms with van der Waals surface area (Å²) in [6, 6.07) is 20.2. The third kappa shape index (κ3) is 6.97. The number of alkyl halides is 3. The highest BCUT2D eigenvalue weighted by molar-refractivity contribution is 5.49. The van der Waals surface area contributed by atoms with Gasteiger partial charge in [-0.1, -0.05) is 12.1 Å². The fraction of sp³-hybridized carbons (Fsp3) is 0.308. The summed E-state index contributed by atoms with van der Waals surface area (Å²) in [7, 11) is 0. The van der Waals surface area contributed by atoms with Crippen molar-refractivity contribution in [3.8, 4) is 23.0 Å². The molecule has 0 radical (unpaired) electrons. The summed E-state index contributed by atoms with van der Waals surface area (Å²) < 4.78 is 52.2. The fourth-order valence-electron chi connectivity index (χ4n) is 3.82. The average molecular weight is 473 g/mol. The quantitative estimate of drug-likeness (QED) is 0.424. The third-order valence-corrected chi connectivity index (χ3v) is 5.70. The van der Waals surface area contributed by atoms with Gasteiger partial charge < -0.3 is 24.2 Å². The molecule has 1 aliphatic rings. The van der Waals surface area contributed by atoms with Crippen LogP contribution < -0.4 is 19.1 Å². The molecule has 0 bridgehead atoms. The van der Waals surface area contributed by atoms with Crippen molar-refractivity contribution in [1.82, 2.24) is 0 Å². The normalized spacial score (nSPS) is 14.6. The molecule has 1 heterocycles. The monoisotopic (exact) mass is 473 g/mol. The molecule has 34 heavy (non-hydrogen) atoms. The number of phenols is 1. The van der Waals surface area contributed by atoms with E-state index in [0.717, 1.165) is 42.9 Å². The van der Waals surface area contributed by atoms with Gasteiger partial charge in [-0.3, -0.25) is 0 Å². The molecule has 8 heteroatoms. The Labute approximate surface area is 196 Å². The van der Waals surface area contributed by atoms with Crippen LogP contribution in [0.5, 0.6) is 23.0 Å². The summed E-state index contributed by atoms with van der Waals surface area (Å²) in [6.07, 6.45) is -2.63. The van der Waals surface area contributed by atoms with Crippen LogP contribution in [0.1, 0.15) is 18.4 Å². The Hall–Kier alpha value is -3.55. The number of hydrogen-bond donors (Lipinski definition) is 1. The summed E-state index contributed by atoms with van der Waals surface area (Å²) >= 11 is 0. The summed E-state index contributed by atoms with van der Waals surface area (Å²) in [5.41, 5.74) is 1.85. The molecule has 1 aliphatic heterocycles. The second kappa shape index (κ2) is 10.6. The van der Waals surface area contributed by atoms with Gasteiger partial charge in [0.15, 0.2) is 0 Å². The van der Waals surface area contributed by atoms with E-state index in [4.69, 9.17) is 9.47 Å². The predicted octanol–water partition coefficient (Wildman–Crippen LogP) is 6.17. The molecule has 180 valence electrons. The van der Waals surface area contributed by atoms with Gasteiger partial charge in [-0.25, -0.2) is 0 Å². The number of benzene rings is 3. The van der Waals surface area contributed by atoms with E-state index in [1.165, 1.54) is 24.3 Å². The maximum absolute atomic E-state index is 12.2. The van der Waals surface area contributed by atoms with Gasteiger partial charge in [0.05, 0.1) is 6.61 Å². The third-order valence-electron chi connectivity index (χ3n) is 5.70. The van der Waals surface area contributed by atoms with E-state index in [2.05, 4.69) is 9.64 Å². The molecule has 0 unspecified atom stereocenters. The molecular formula is C26H26F3NO4. The Bertz CT molecular complexity index is 1030. The molecular weight excluding hydrogens is 447 g/mol. The zero-order valence-electron chi connectivity index (χ0n) is 18.5. The van der Waals surface area contributed by atoms with Gasteiger partial charge in [0.25, 0.3) is 0 Å². The zero-order chi connectivity index (χ0) is 24.0. The maximum Gasteiger partial charge on any atom is 0.573 e. The minimum absolute atomic E-state index is 0.228. The number of aromatic hydroxyl groups is 1. The molecule has 3 aromatic rings. The van der Waals surface area contributed by atoms with Crippen LogP contribution in [-0.4, -0.2) is 31.2 Å². The van der Waals surface area contributed by atoms with E-state index in [0.29, 0.717) is 18.3 Å².